The molecule has 110 valence electrons. The highest BCUT2D eigenvalue weighted by Crippen LogP contribution is 2.24. The molecule has 0 saturated carbocycles. The number of hydrogen-bond donors (Lipinski definition) is 0. The maximum absolute atomic E-state index is 12.3. The van der Waals surface area contributed by atoms with Crippen LogP contribution in [0.5, 0.6) is 0 Å². The Morgan fingerprint density at radius 2 is 2.11 bits per heavy atom. The first-order valence-corrected chi connectivity index (χ1v) is 6.62. The van der Waals surface area contributed by atoms with Gasteiger partial charge in [-0.2, -0.15) is 13.2 Å². The molecule has 2 heterocycles. The van der Waals surface area contributed by atoms with Crippen LogP contribution in [0.2, 0.25) is 0 Å². The fraction of sp³-hybridized carbons (Fsp3) is 0.917. The van der Waals surface area contributed by atoms with Gasteiger partial charge in [0.2, 0.25) is 5.91 Å². The number of carbonyl (C=O) groups is 1. The van der Waals surface area contributed by atoms with E-state index in [9.17, 15) is 18.0 Å². The van der Waals surface area contributed by atoms with Gasteiger partial charge < -0.3 is 9.64 Å². The molecule has 2 rings (SSSR count). The molecule has 2 fully saturated rings. The van der Waals surface area contributed by atoms with Crippen molar-refractivity contribution in [3.63, 3.8) is 0 Å². The average molecular weight is 280 g/mol. The zero-order valence-corrected chi connectivity index (χ0v) is 10.9. The molecule has 2 atom stereocenters. The Hall–Kier alpha value is -0.820. The van der Waals surface area contributed by atoms with E-state index in [1.807, 2.05) is 11.8 Å². The van der Waals surface area contributed by atoms with Crippen molar-refractivity contribution >= 4 is 5.91 Å². The smallest absolute Gasteiger partial charge is 0.376 e. The number of carbonyl (C=O) groups excluding carboxylic acids is 1. The van der Waals surface area contributed by atoms with Crippen molar-refractivity contribution in [2.45, 2.75) is 38.1 Å². The van der Waals surface area contributed by atoms with Crippen molar-refractivity contribution in [3.05, 3.63) is 0 Å². The van der Waals surface area contributed by atoms with Gasteiger partial charge in [0.05, 0.1) is 18.8 Å². The van der Waals surface area contributed by atoms with Crippen LogP contribution in [0.1, 0.15) is 19.8 Å². The van der Waals surface area contributed by atoms with Crippen molar-refractivity contribution in [2.24, 2.45) is 0 Å². The van der Waals surface area contributed by atoms with Gasteiger partial charge in [-0.3, -0.25) is 9.69 Å². The highest BCUT2D eigenvalue weighted by molar-refractivity contribution is 5.84. The maximum Gasteiger partial charge on any atom is 0.406 e. The van der Waals surface area contributed by atoms with E-state index in [0.717, 1.165) is 11.3 Å². The number of rotatable bonds is 3. The lowest BCUT2D eigenvalue weighted by molar-refractivity contribution is -0.160. The average Bonchev–Trinajstić information content (AvgIpc) is 2.69. The molecule has 0 radical (unpaired) electrons. The third-order valence-electron chi connectivity index (χ3n) is 3.71. The van der Waals surface area contributed by atoms with E-state index >= 15 is 0 Å². The zero-order chi connectivity index (χ0) is 14.0. The molecule has 0 aromatic carbocycles. The van der Waals surface area contributed by atoms with Crippen molar-refractivity contribution in [1.29, 1.82) is 0 Å². The number of likely N-dealkylation sites (tertiary alicyclic amines) is 1. The predicted molar refractivity (Wildman–Crippen MR) is 62.6 cm³/mol. The summed E-state index contributed by atoms with van der Waals surface area (Å²) in [6, 6.07) is -0.403. The summed E-state index contributed by atoms with van der Waals surface area (Å²) in [7, 11) is 0. The van der Waals surface area contributed by atoms with E-state index in [0.29, 0.717) is 26.1 Å². The number of amides is 1. The largest absolute Gasteiger partial charge is 0.406 e. The first-order chi connectivity index (χ1) is 8.90. The van der Waals surface area contributed by atoms with Crippen molar-refractivity contribution in [1.82, 2.24) is 9.80 Å². The molecular formula is C12H19F3N2O2. The van der Waals surface area contributed by atoms with E-state index in [4.69, 9.17) is 4.74 Å². The number of nitrogens with zero attached hydrogens (tertiary/aromatic N) is 2. The first-order valence-electron chi connectivity index (χ1n) is 6.62. The van der Waals surface area contributed by atoms with Crippen LogP contribution in [0, 0.1) is 0 Å². The van der Waals surface area contributed by atoms with E-state index in [1.165, 1.54) is 0 Å². The van der Waals surface area contributed by atoms with Crippen LogP contribution < -0.4 is 0 Å². The molecule has 1 amide bonds. The summed E-state index contributed by atoms with van der Waals surface area (Å²) in [5.74, 6) is -0.394. The molecule has 2 aliphatic heterocycles. The third-order valence-corrected chi connectivity index (χ3v) is 3.71. The highest BCUT2D eigenvalue weighted by atomic mass is 19.4. The van der Waals surface area contributed by atoms with Crippen LogP contribution in [-0.4, -0.2) is 66.8 Å². The molecule has 0 aliphatic carbocycles. The Morgan fingerprint density at radius 1 is 1.37 bits per heavy atom. The molecular weight excluding hydrogens is 261 g/mol. The summed E-state index contributed by atoms with van der Waals surface area (Å²) in [6.07, 6.45) is -2.91. The van der Waals surface area contributed by atoms with Crippen LogP contribution in [-0.2, 0) is 9.53 Å². The van der Waals surface area contributed by atoms with Gasteiger partial charge >= 0.3 is 6.18 Å². The van der Waals surface area contributed by atoms with E-state index < -0.39 is 24.7 Å². The molecule has 0 unspecified atom stereocenters. The second-order valence-corrected chi connectivity index (χ2v) is 5.08. The van der Waals surface area contributed by atoms with Gasteiger partial charge in [0.1, 0.15) is 6.54 Å². The lowest BCUT2D eigenvalue weighted by atomic mass is 10.1. The molecule has 0 aromatic heterocycles. The molecule has 0 aromatic rings. The lowest BCUT2D eigenvalue weighted by Crippen LogP contribution is -2.51. The van der Waals surface area contributed by atoms with Gasteiger partial charge in [-0.1, -0.05) is 6.92 Å². The van der Waals surface area contributed by atoms with Crippen LogP contribution >= 0.6 is 0 Å². The molecule has 2 saturated heterocycles. The monoisotopic (exact) mass is 280 g/mol. The molecule has 7 heteroatoms. The summed E-state index contributed by atoms with van der Waals surface area (Å²) >= 11 is 0. The predicted octanol–water partition coefficient (Wildman–Crippen LogP) is 1.26. The number of halogens is 3. The van der Waals surface area contributed by atoms with Crippen LogP contribution in [0.3, 0.4) is 0 Å². The van der Waals surface area contributed by atoms with Gasteiger partial charge in [0.15, 0.2) is 0 Å². The van der Waals surface area contributed by atoms with Crippen molar-refractivity contribution in [2.75, 3.05) is 32.8 Å². The maximum atomic E-state index is 12.3. The van der Waals surface area contributed by atoms with Crippen molar-refractivity contribution in [3.8, 4) is 0 Å². The number of ether oxygens (including phenoxy) is 1. The molecule has 0 bridgehead atoms. The number of hydrogen-bond acceptors (Lipinski definition) is 3. The quantitative estimate of drug-likeness (QED) is 0.780. The van der Waals surface area contributed by atoms with E-state index in [2.05, 4.69) is 0 Å². The Kier molecular flexibility index (Phi) is 4.35. The van der Waals surface area contributed by atoms with Gasteiger partial charge in [-0.05, 0) is 12.8 Å². The fourth-order valence-electron chi connectivity index (χ4n) is 2.71. The standard InChI is InChI=1S/C12H19F3N2O2/c1-2-9-7-16(5-6-19-9)10-3-4-17(11(10)18)8-12(13,14)15/h9-10H,2-8H2,1H3/t9-,10-/m0/s1. The van der Waals surface area contributed by atoms with Gasteiger partial charge in [-0.15, -0.1) is 0 Å². The summed E-state index contributed by atoms with van der Waals surface area (Å²) < 4.78 is 42.5. The lowest BCUT2D eigenvalue weighted by Gasteiger charge is -2.35. The second-order valence-electron chi connectivity index (χ2n) is 5.08. The second kappa shape index (κ2) is 5.66. The Bertz CT molecular complexity index is 335. The van der Waals surface area contributed by atoms with E-state index in [1.54, 1.807) is 0 Å². The minimum Gasteiger partial charge on any atom is -0.376 e. The minimum atomic E-state index is -4.32. The Morgan fingerprint density at radius 3 is 2.74 bits per heavy atom. The van der Waals surface area contributed by atoms with Crippen LogP contribution in [0.25, 0.3) is 0 Å². The SMILES string of the molecule is CC[C@H]1CN([C@H]2CCN(CC(F)(F)F)C2=O)CCO1. The summed E-state index contributed by atoms with van der Waals surface area (Å²) in [4.78, 5) is 14.9. The molecule has 0 N–H and O–H groups in total. The summed E-state index contributed by atoms with van der Waals surface area (Å²) in [6.45, 7) is 2.85. The van der Waals surface area contributed by atoms with Gasteiger partial charge in [0, 0.05) is 19.6 Å². The molecule has 0 spiro atoms. The molecule has 2 aliphatic rings. The normalized spacial score (nSPS) is 30.1. The van der Waals surface area contributed by atoms with Gasteiger partial charge in [-0.25, -0.2) is 0 Å². The highest BCUT2D eigenvalue weighted by Gasteiger charge is 2.42. The number of alkyl halides is 3. The summed E-state index contributed by atoms with van der Waals surface area (Å²) in [5.41, 5.74) is 0. The van der Waals surface area contributed by atoms with E-state index in [-0.39, 0.29) is 12.6 Å². The van der Waals surface area contributed by atoms with Gasteiger partial charge in [0.25, 0.3) is 0 Å². The zero-order valence-electron chi connectivity index (χ0n) is 10.9. The molecule has 4 nitrogen and oxygen atoms in total. The Labute approximate surface area is 110 Å². The molecule has 19 heavy (non-hydrogen) atoms. The summed E-state index contributed by atoms with van der Waals surface area (Å²) in [5, 5.41) is 0. The Balaban J connectivity index is 1.94. The number of morpholine rings is 1. The van der Waals surface area contributed by atoms with Crippen LogP contribution in [0.4, 0.5) is 13.2 Å². The topological polar surface area (TPSA) is 32.8 Å². The first kappa shape index (κ1) is 14.6. The minimum absolute atomic E-state index is 0.0817. The fourth-order valence-corrected chi connectivity index (χ4v) is 2.71. The van der Waals surface area contributed by atoms with Crippen LogP contribution in [0.15, 0.2) is 0 Å². The third kappa shape index (κ3) is 3.60. The van der Waals surface area contributed by atoms with Crippen molar-refractivity contribution < 1.29 is 22.7 Å².